The fraction of sp³-hybridized carbons (Fsp3) is 0.240. The molecule has 7 nitrogen and oxygen atoms in total. The van der Waals surface area contributed by atoms with Gasteiger partial charge in [-0.1, -0.05) is 24.3 Å². The number of para-hydroxylation sites is 1. The Balaban J connectivity index is 1.63. The third kappa shape index (κ3) is 4.97. The molecule has 0 unspecified atom stereocenters. The van der Waals surface area contributed by atoms with E-state index in [-0.39, 0.29) is 23.0 Å². The van der Waals surface area contributed by atoms with Crippen molar-refractivity contribution in [1.29, 1.82) is 0 Å². The Morgan fingerprint density at radius 3 is 2.53 bits per heavy atom. The van der Waals surface area contributed by atoms with Gasteiger partial charge in [-0.15, -0.1) is 0 Å². The SMILES string of the molecule is [B]C([B])(F)Oc1cn(-c2ccc(C3CCOCC3)cc2F)nc(-c2ccnn2-c2ccccc2)c1=O. The van der Waals surface area contributed by atoms with Crippen molar-refractivity contribution in [3.8, 4) is 28.5 Å². The first-order chi connectivity index (χ1) is 17.3. The van der Waals surface area contributed by atoms with Crippen LogP contribution >= 0.6 is 0 Å². The fourth-order valence-corrected chi connectivity index (χ4v) is 4.25. The molecule has 2 aromatic carbocycles. The highest BCUT2D eigenvalue weighted by molar-refractivity contribution is 6.37. The quantitative estimate of drug-likeness (QED) is 0.393. The first-order valence-corrected chi connectivity index (χ1v) is 11.4. The van der Waals surface area contributed by atoms with Gasteiger partial charge < -0.3 is 9.47 Å². The highest BCUT2D eigenvalue weighted by Gasteiger charge is 2.24. The van der Waals surface area contributed by atoms with Gasteiger partial charge in [0.2, 0.25) is 0 Å². The van der Waals surface area contributed by atoms with E-state index < -0.39 is 22.6 Å². The number of benzene rings is 2. The van der Waals surface area contributed by atoms with Crippen LogP contribution in [0.3, 0.4) is 0 Å². The molecule has 2 aromatic heterocycles. The molecule has 11 heteroatoms. The van der Waals surface area contributed by atoms with Gasteiger partial charge in [0.15, 0.2) is 32.8 Å². The predicted octanol–water partition coefficient (Wildman–Crippen LogP) is 3.41. The molecular weight excluding hydrogens is 464 g/mol. The van der Waals surface area contributed by atoms with E-state index in [1.54, 1.807) is 30.3 Å². The van der Waals surface area contributed by atoms with Gasteiger partial charge in [-0.3, -0.25) is 4.79 Å². The zero-order valence-electron chi connectivity index (χ0n) is 19.2. The number of halogens is 2. The highest BCUT2D eigenvalue weighted by atomic mass is 19.2. The van der Waals surface area contributed by atoms with Gasteiger partial charge in [0.1, 0.15) is 11.5 Å². The van der Waals surface area contributed by atoms with Gasteiger partial charge in [0.05, 0.1) is 23.8 Å². The summed E-state index contributed by atoms with van der Waals surface area (Å²) in [5, 5.41) is 8.64. The second kappa shape index (κ2) is 9.73. The van der Waals surface area contributed by atoms with E-state index in [1.807, 2.05) is 18.2 Å². The lowest BCUT2D eigenvalue weighted by Gasteiger charge is -2.23. The van der Waals surface area contributed by atoms with Crippen LogP contribution in [0.2, 0.25) is 0 Å². The van der Waals surface area contributed by atoms with Crippen LogP contribution in [0.4, 0.5) is 8.78 Å². The summed E-state index contributed by atoms with van der Waals surface area (Å²) in [4.78, 5) is 13.2. The standard InChI is InChI=1S/C25H20B2F2N4O3/c26-25(27,29)36-22-15-32(20-7-6-17(14-19(20)28)16-9-12-35-13-10-16)31-23(24(22)34)21-8-11-30-33(21)18-4-2-1-3-5-18/h1-8,11,14-16H,9-10,12-13H2. The minimum atomic E-state index is -3.14. The third-order valence-electron chi connectivity index (χ3n) is 5.95. The zero-order chi connectivity index (χ0) is 25.3. The van der Waals surface area contributed by atoms with E-state index in [4.69, 9.17) is 25.2 Å². The topological polar surface area (TPSA) is 71.2 Å². The summed E-state index contributed by atoms with van der Waals surface area (Å²) in [7, 11) is 10.3. The fourth-order valence-electron chi connectivity index (χ4n) is 4.25. The van der Waals surface area contributed by atoms with E-state index in [0.717, 1.165) is 29.3 Å². The van der Waals surface area contributed by atoms with Crippen molar-refractivity contribution in [2.24, 2.45) is 0 Å². The molecule has 1 fully saturated rings. The van der Waals surface area contributed by atoms with Crippen molar-refractivity contribution < 1.29 is 18.3 Å². The molecule has 178 valence electrons. The number of aromatic nitrogens is 4. The van der Waals surface area contributed by atoms with Crippen molar-refractivity contribution >= 4 is 15.7 Å². The van der Waals surface area contributed by atoms with Gasteiger partial charge in [0, 0.05) is 13.2 Å². The first-order valence-electron chi connectivity index (χ1n) is 11.4. The molecule has 0 bridgehead atoms. The molecule has 36 heavy (non-hydrogen) atoms. The summed E-state index contributed by atoms with van der Waals surface area (Å²) in [5.41, 5.74) is -2.29. The Hall–Kier alpha value is -3.72. The molecule has 0 spiro atoms. The molecule has 1 aliphatic heterocycles. The smallest absolute Gasteiger partial charge is 0.251 e. The largest absolute Gasteiger partial charge is 0.471 e. The maximum Gasteiger partial charge on any atom is 0.251 e. The van der Waals surface area contributed by atoms with Crippen molar-refractivity contribution in [3.63, 3.8) is 0 Å². The van der Waals surface area contributed by atoms with Crippen molar-refractivity contribution in [2.45, 2.75) is 24.4 Å². The third-order valence-corrected chi connectivity index (χ3v) is 5.95. The van der Waals surface area contributed by atoms with Crippen LogP contribution in [0.1, 0.15) is 24.3 Å². The van der Waals surface area contributed by atoms with Gasteiger partial charge in [-0.05, 0) is 54.7 Å². The number of ether oxygens (including phenoxy) is 2. The molecule has 3 heterocycles. The van der Waals surface area contributed by atoms with Gasteiger partial charge in [-0.25, -0.2) is 18.1 Å². The van der Waals surface area contributed by atoms with Crippen LogP contribution in [0, 0.1) is 5.82 Å². The van der Waals surface area contributed by atoms with Gasteiger partial charge >= 0.3 is 0 Å². The molecular formula is C25H20B2F2N4O3. The summed E-state index contributed by atoms with van der Waals surface area (Å²) in [6.45, 7) is 1.25. The van der Waals surface area contributed by atoms with Crippen molar-refractivity contribution in [1.82, 2.24) is 19.6 Å². The number of nitrogens with zero attached hydrogens (tertiary/aromatic N) is 4. The van der Waals surface area contributed by atoms with E-state index in [9.17, 15) is 9.18 Å². The van der Waals surface area contributed by atoms with Crippen LogP contribution < -0.4 is 10.2 Å². The van der Waals surface area contributed by atoms with Crippen molar-refractivity contribution in [3.05, 3.63) is 88.6 Å². The Labute approximate surface area is 208 Å². The predicted molar refractivity (Wildman–Crippen MR) is 131 cm³/mol. The maximum atomic E-state index is 15.3. The van der Waals surface area contributed by atoms with Crippen LogP contribution in [0.25, 0.3) is 22.8 Å². The maximum absolute atomic E-state index is 15.3. The molecule has 0 N–H and O–H groups in total. The Morgan fingerprint density at radius 2 is 1.83 bits per heavy atom. The summed E-state index contributed by atoms with van der Waals surface area (Å²) >= 11 is 0. The average molecular weight is 484 g/mol. The molecule has 0 amide bonds. The van der Waals surface area contributed by atoms with Gasteiger partial charge in [-0.2, -0.15) is 10.2 Å². The molecule has 4 aromatic rings. The Morgan fingerprint density at radius 1 is 1.08 bits per heavy atom. The van der Waals surface area contributed by atoms with Crippen molar-refractivity contribution in [2.75, 3.05) is 13.2 Å². The Bertz CT molecular complexity index is 1430. The minimum Gasteiger partial charge on any atom is -0.471 e. The van der Waals surface area contributed by atoms with Crippen LogP contribution in [0.5, 0.6) is 5.75 Å². The lowest BCUT2D eigenvalue weighted by Crippen LogP contribution is -2.34. The molecule has 5 rings (SSSR count). The minimum absolute atomic E-state index is 0.0289. The second-order valence-corrected chi connectivity index (χ2v) is 8.48. The monoisotopic (exact) mass is 484 g/mol. The van der Waals surface area contributed by atoms with E-state index >= 15 is 4.39 Å². The van der Waals surface area contributed by atoms with E-state index in [2.05, 4.69) is 10.2 Å². The molecule has 0 atom stereocenters. The number of alkyl halides is 1. The summed E-state index contributed by atoms with van der Waals surface area (Å²) in [6.07, 6.45) is 4.13. The molecule has 4 radical (unpaired) electrons. The molecule has 0 saturated carbocycles. The molecule has 0 aliphatic carbocycles. The molecule has 1 aliphatic rings. The number of hydrogen-bond donors (Lipinski definition) is 0. The Kier molecular flexibility index (Phi) is 6.49. The van der Waals surface area contributed by atoms with Crippen LogP contribution in [-0.2, 0) is 4.74 Å². The molecule has 1 saturated heterocycles. The summed E-state index contributed by atoms with van der Waals surface area (Å²) < 4.78 is 42.2. The van der Waals surface area contributed by atoms with E-state index in [0.29, 0.717) is 18.9 Å². The normalized spacial score (nSPS) is 14.6. The summed E-state index contributed by atoms with van der Waals surface area (Å²) in [5.74, 6) is -0.933. The summed E-state index contributed by atoms with van der Waals surface area (Å²) in [6, 6.07) is 15.4. The van der Waals surface area contributed by atoms with Crippen LogP contribution in [0.15, 0.2) is 71.8 Å². The number of rotatable bonds is 6. The highest BCUT2D eigenvalue weighted by Crippen LogP contribution is 2.29. The lowest BCUT2D eigenvalue weighted by atomic mass is 9.78. The zero-order valence-corrected chi connectivity index (χ0v) is 19.2. The number of hydrogen-bond acceptors (Lipinski definition) is 5. The van der Waals surface area contributed by atoms with E-state index in [1.165, 1.54) is 16.9 Å². The average Bonchev–Trinajstić information content (AvgIpc) is 3.35. The lowest BCUT2D eigenvalue weighted by molar-refractivity contribution is 0.0852. The second-order valence-electron chi connectivity index (χ2n) is 8.48. The first kappa shape index (κ1) is 24.0. The van der Waals surface area contributed by atoms with Crippen LogP contribution in [-0.4, -0.2) is 54.1 Å². The van der Waals surface area contributed by atoms with Gasteiger partial charge in [0.25, 0.3) is 5.43 Å².